The molecule has 428 valence electrons. The molecule has 2 aliphatic carbocycles. The molecular weight excluding hydrogens is 1020 g/mol. The highest BCUT2D eigenvalue weighted by Crippen LogP contribution is 2.52. The molecule has 5 fully saturated rings. The second kappa shape index (κ2) is 27.6. The fourth-order valence-corrected chi connectivity index (χ4v) is 13.6. The summed E-state index contributed by atoms with van der Waals surface area (Å²) in [5.41, 5.74) is 17.3. The molecule has 6 aliphatic rings. The van der Waals surface area contributed by atoms with Crippen LogP contribution in [0.5, 0.6) is 0 Å². The Morgan fingerprint density at radius 2 is 1.53 bits per heavy atom. The van der Waals surface area contributed by atoms with Crippen LogP contribution in [0.2, 0.25) is 5.02 Å². The maximum atomic E-state index is 13.1. The molecule has 0 bridgehead atoms. The summed E-state index contributed by atoms with van der Waals surface area (Å²) in [7, 11) is 4.36. The first-order valence-electron chi connectivity index (χ1n) is 29.6. The number of likely N-dealkylation sites (tertiary alicyclic amines) is 2. The van der Waals surface area contributed by atoms with Gasteiger partial charge in [-0.1, -0.05) is 113 Å². The van der Waals surface area contributed by atoms with Crippen molar-refractivity contribution in [1.29, 1.82) is 0 Å². The predicted molar refractivity (Wildman–Crippen MR) is 326 cm³/mol. The van der Waals surface area contributed by atoms with Crippen LogP contribution in [0.3, 0.4) is 0 Å². The first-order valence-corrected chi connectivity index (χ1v) is 30.9. The molecule has 2 amide bonds. The summed E-state index contributed by atoms with van der Waals surface area (Å²) >= 11 is 8.14. The number of aromatic nitrogens is 3. The number of likely N-dealkylation sites (N-methyl/N-ethyl adjacent to an activating group) is 1. The van der Waals surface area contributed by atoms with E-state index in [9.17, 15) is 14.4 Å². The van der Waals surface area contributed by atoms with E-state index >= 15 is 0 Å². The van der Waals surface area contributed by atoms with E-state index in [1.807, 2.05) is 35.7 Å². The number of halogens is 1. The molecule has 15 heteroatoms. The number of thiazole rings is 1. The van der Waals surface area contributed by atoms with Crippen LogP contribution in [0.1, 0.15) is 165 Å². The van der Waals surface area contributed by atoms with Gasteiger partial charge in [-0.25, -0.2) is 4.98 Å². The molecule has 3 aromatic carbocycles. The van der Waals surface area contributed by atoms with Crippen LogP contribution in [0.15, 0.2) is 82.9 Å². The number of piperidine rings is 1. The number of aryl methyl sites for hydroxylation is 1. The third-order valence-electron chi connectivity index (χ3n) is 18.2. The zero-order valence-corrected chi connectivity index (χ0v) is 50.3. The largest absolute Gasteiger partial charge is 0.401 e. The van der Waals surface area contributed by atoms with Crippen molar-refractivity contribution in [3.8, 4) is 16.1 Å². The lowest BCUT2D eigenvalue weighted by Gasteiger charge is -2.34. The first-order chi connectivity index (χ1) is 38.0. The van der Waals surface area contributed by atoms with Gasteiger partial charge in [0.2, 0.25) is 12.8 Å². The quantitative estimate of drug-likeness (QED) is 0.109. The second-order valence-corrected chi connectivity index (χ2v) is 25.9. The average Bonchev–Trinajstić information content (AvgIpc) is 3.65. The van der Waals surface area contributed by atoms with Gasteiger partial charge in [0.15, 0.2) is 0 Å². The van der Waals surface area contributed by atoms with Crippen molar-refractivity contribution in [2.24, 2.45) is 17.1 Å². The molecule has 2 saturated carbocycles. The SMILES string of the molecule is CC(N/C=C(\N)C1CCCCC1)C(C)(C)C.CC1CCCN1C=O.CN1CCC(c2ccc3c(c2)-n2c(nc(=O)c4c(Cl)cccc42)C32CCCCC2)CC1.Cc1ncsc1-c1ccc(C(CN2CCN(C)CC2)NC=O)cc1. The number of rotatable bonds is 11. The number of hydrogen-bond donors (Lipinski definition) is 3. The molecule has 6 heterocycles. The van der Waals surface area contributed by atoms with Crippen molar-refractivity contribution < 1.29 is 9.59 Å². The van der Waals surface area contributed by atoms with Crippen molar-refractivity contribution in [3.63, 3.8) is 0 Å². The zero-order chi connectivity index (χ0) is 56.3. The predicted octanol–water partition coefficient (Wildman–Crippen LogP) is 11.6. The number of amides is 2. The minimum absolute atomic E-state index is 0.0301. The molecule has 4 aliphatic heterocycles. The summed E-state index contributed by atoms with van der Waals surface area (Å²) < 4.78 is 2.27. The highest BCUT2D eigenvalue weighted by Gasteiger charge is 2.47. The Balaban J connectivity index is 0.000000152. The highest BCUT2D eigenvalue weighted by molar-refractivity contribution is 7.13. The number of fused-ring (bicyclic) bond motifs is 7. The van der Waals surface area contributed by atoms with Crippen molar-refractivity contribution in [2.45, 2.75) is 161 Å². The van der Waals surface area contributed by atoms with E-state index in [0.717, 1.165) is 106 Å². The Hall–Kier alpha value is -5.12. The smallest absolute Gasteiger partial charge is 0.282 e. The molecule has 3 unspecified atom stereocenters. The molecule has 3 atom stereocenters. The van der Waals surface area contributed by atoms with Gasteiger partial charge in [0.1, 0.15) is 5.82 Å². The van der Waals surface area contributed by atoms with Gasteiger partial charge >= 0.3 is 0 Å². The fourth-order valence-electron chi connectivity index (χ4n) is 12.5. The van der Waals surface area contributed by atoms with Gasteiger partial charge in [-0.05, 0) is 157 Å². The summed E-state index contributed by atoms with van der Waals surface area (Å²) in [5, 5.41) is 7.44. The van der Waals surface area contributed by atoms with Gasteiger partial charge in [0.05, 0.1) is 49.2 Å². The molecule has 11 rings (SSSR count). The summed E-state index contributed by atoms with van der Waals surface area (Å²) in [6.45, 7) is 21.4. The number of piperazine rings is 1. The van der Waals surface area contributed by atoms with E-state index in [2.05, 4.69) is 126 Å². The van der Waals surface area contributed by atoms with Crippen molar-refractivity contribution in [3.05, 3.63) is 122 Å². The third-order valence-corrected chi connectivity index (χ3v) is 19.5. The highest BCUT2D eigenvalue weighted by atomic mass is 35.5. The van der Waals surface area contributed by atoms with Crippen LogP contribution >= 0.6 is 22.9 Å². The first kappa shape index (κ1) is 60.0. The van der Waals surface area contributed by atoms with Crippen LogP contribution in [0.4, 0.5) is 0 Å². The normalized spacial score (nSPS) is 20.8. The van der Waals surface area contributed by atoms with Gasteiger partial charge in [0, 0.05) is 63.2 Å². The number of nitrogens with two attached hydrogens (primary N) is 1. The molecule has 5 aromatic rings. The lowest BCUT2D eigenvalue weighted by Crippen LogP contribution is -2.47. The lowest BCUT2D eigenvalue weighted by atomic mass is 9.69. The lowest BCUT2D eigenvalue weighted by molar-refractivity contribution is -0.118. The number of carbonyl (C=O) groups is 2. The minimum Gasteiger partial charge on any atom is -0.401 e. The Bertz CT molecular complexity index is 2870. The van der Waals surface area contributed by atoms with Gasteiger partial charge < -0.3 is 31.1 Å². The van der Waals surface area contributed by atoms with E-state index in [1.54, 1.807) is 17.4 Å². The number of hydrogen-bond acceptors (Lipinski definition) is 11. The average molecular weight is 1120 g/mol. The Kier molecular flexibility index (Phi) is 20.9. The fraction of sp³-hybridized carbons (Fsp3) is 0.578. The van der Waals surface area contributed by atoms with Gasteiger partial charge in [0.25, 0.3) is 5.56 Å². The number of carbonyl (C=O) groups excluding carboxylic acids is 2. The molecule has 4 N–H and O–H groups in total. The van der Waals surface area contributed by atoms with Crippen LogP contribution in [-0.4, -0.2) is 125 Å². The molecule has 79 heavy (non-hydrogen) atoms. The van der Waals surface area contributed by atoms with E-state index in [4.69, 9.17) is 22.3 Å². The molecule has 13 nitrogen and oxygen atoms in total. The van der Waals surface area contributed by atoms with Gasteiger partial charge in [-0.15, -0.1) is 11.3 Å². The zero-order valence-electron chi connectivity index (χ0n) is 48.7. The minimum atomic E-state index is -0.194. The summed E-state index contributed by atoms with van der Waals surface area (Å²) in [6.07, 6.45) is 20.9. The number of benzene rings is 3. The Labute approximate surface area is 480 Å². The topological polar surface area (TPSA) is 145 Å². The molecule has 0 radical (unpaired) electrons. The monoisotopic (exact) mass is 1110 g/mol. The van der Waals surface area contributed by atoms with E-state index < -0.39 is 0 Å². The van der Waals surface area contributed by atoms with Gasteiger partial charge in [-0.2, -0.15) is 4.98 Å². The van der Waals surface area contributed by atoms with Crippen molar-refractivity contribution in [1.82, 2.24) is 44.8 Å². The number of nitrogens with zero attached hydrogens (tertiary/aromatic N) is 7. The number of allylic oxidation sites excluding steroid dienone is 1. The second-order valence-electron chi connectivity index (χ2n) is 24.6. The molecular formula is C64H91ClN10O3S. The Morgan fingerprint density at radius 3 is 2.14 bits per heavy atom. The van der Waals surface area contributed by atoms with Crippen LogP contribution in [0, 0.1) is 18.3 Å². The summed E-state index contributed by atoms with van der Waals surface area (Å²) in [4.78, 5) is 53.5. The van der Waals surface area contributed by atoms with E-state index in [0.29, 0.717) is 34.3 Å². The van der Waals surface area contributed by atoms with Crippen molar-refractivity contribution in [2.75, 3.05) is 66.5 Å². The molecule has 1 spiro atoms. The standard InChI is InChI=1S/C26H28ClN3O.C18H24N4OS.C14H28N2.C6H11NO/c1-29-14-10-17(11-15-29)18-8-9-19-22(16-18)30-21-7-5-6-20(27)23(21)24(31)28-25(30)26(19)12-3-2-4-13-26;1-14-18(24-13-20-14)16-5-3-15(4-6-16)17(19-12-23)11-22-9-7-21(2)8-10-22;1-11(14(2,3)4)16-10-13(15)12-8-6-5-7-9-12;1-6-3-2-4-7(6)5-8/h5-9,16-17H,2-4,10-15H2,1H3;3-6,12-13,17H,7-11H2,1-2H3,(H,19,23);10-12,16H,5-9,15H2,1-4H3;5-6H,2-4H2,1H3/b;;13-10-;. The summed E-state index contributed by atoms with van der Waals surface area (Å²) in [6, 6.07) is 22.3. The maximum Gasteiger partial charge on any atom is 0.282 e. The number of nitrogens with one attached hydrogen (secondary N) is 2. The van der Waals surface area contributed by atoms with Crippen LogP contribution < -0.4 is 21.9 Å². The van der Waals surface area contributed by atoms with E-state index in [-0.39, 0.29) is 22.4 Å². The van der Waals surface area contributed by atoms with Crippen LogP contribution in [-0.2, 0) is 15.0 Å². The maximum absolute atomic E-state index is 13.1. The van der Waals surface area contributed by atoms with Crippen LogP contribution in [0.25, 0.3) is 27.0 Å². The van der Waals surface area contributed by atoms with E-state index in [1.165, 1.54) is 104 Å². The Morgan fingerprint density at radius 1 is 0.848 bits per heavy atom. The van der Waals surface area contributed by atoms with Crippen molar-refractivity contribution >= 4 is 46.7 Å². The molecule has 2 aromatic heterocycles. The third kappa shape index (κ3) is 14.7. The molecule has 3 saturated heterocycles. The van der Waals surface area contributed by atoms with Gasteiger partial charge in [-0.3, -0.25) is 23.9 Å². The summed E-state index contributed by atoms with van der Waals surface area (Å²) in [5.74, 6) is 2.14.